The van der Waals surface area contributed by atoms with Crippen LogP contribution >= 0.6 is 0 Å². The van der Waals surface area contributed by atoms with Crippen molar-refractivity contribution >= 4 is 22.9 Å². The second-order valence-electron chi connectivity index (χ2n) is 6.66. The van der Waals surface area contributed by atoms with E-state index in [0.717, 1.165) is 0 Å². The summed E-state index contributed by atoms with van der Waals surface area (Å²) in [7, 11) is 0. The van der Waals surface area contributed by atoms with Gasteiger partial charge in [-0.1, -0.05) is 0 Å². The lowest BCUT2D eigenvalue weighted by Crippen LogP contribution is -2.37. The number of amides is 2. The van der Waals surface area contributed by atoms with Gasteiger partial charge in [-0.05, 0) is 45.9 Å². The van der Waals surface area contributed by atoms with Crippen molar-refractivity contribution in [1.29, 1.82) is 0 Å². The number of hydrogen-bond donors (Lipinski definition) is 2. The molecular weight excluding hydrogens is 325 g/mol. The molecule has 0 radical (unpaired) electrons. The Bertz CT molecular complexity index is 795. The van der Waals surface area contributed by atoms with Crippen LogP contribution < -0.4 is 10.6 Å². The van der Waals surface area contributed by atoms with Crippen LogP contribution in [0.4, 0.5) is 9.18 Å². The Hall–Kier alpha value is -2.70. The normalized spacial score (nSPS) is 11.2. The van der Waals surface area contributed by atoms with Gasteiger partial charge in [-0.2, -0.15) is 0 Å². The van der Waals surface area contributed by atoms with Crippen molar-refractivity contribution in [2.24, 2.45) is 0 Å². The molecule has 0 saturated carbocycles. The molecule has 6 nitrogen and oxygen atoms in total. The van der Waals surface area contributed by atoms with Crippen molar-refractivity contribution in [2.45, 2.75) is 33.3 Å². The fourth-order valence-corrected chi connectivity index (χ4v) is 2.27. The highest BCUT2D eigenvalue weighted by Gasteiger charge is 2.16. The van der Waals surface area contributed by atoms with Gasteiger partial charge in [-0.15, -0.1) is 0 Å². The molecule has 1 aromatic carbocycles. The zero-order valence-corrected chi connectivity index (χ0v) is 14.8. The summed E-state index contributed by atoms with van der Waals surface area (Å²) >= 11 is 0. The zero-order valence-electron chi connectivity index (χ0n) is 14.8. The van der Waals surface area contributed by atoms with Crippen LogP contribution in [-0.4, -0.2) is 35.7 Å². The first-order chi connectivity index (χ1) is 11.7. The number of aryl methyl sites for hydroxylation is 1. The molecule has 1 heterocycles. The maximum absolute atomic E-state index is 13.4. The fourth-order valence-electron chi connectivity index (χ4n) is 2.27. The number of carbonyl (C=O) groups excluding carboxylic acids is 2. The summed E-state index contributed by atoms with van der Waals surface area (Å²) in [6.07, 6.45) is -0.539. The summed E-state index contributed by atoms with van der Waals surface area (Å²) < 4.78 is 18.5. The van der Waals surface area contributed by atoms with E-state index in [-0.39, 0.29) is 19.0 Å². The van der Waals surface area contributed by atoms with E-state index in [1.54, 1.807) is 33.8 Å². The van der Waals surface area contributed by atoms with E-state index in [1.165, 1.54) is 18.2 Å². The maximum Gasteiger partial charge on any atom is 0.407 e. The second kappa shape index (κ2) is 7.46. The van der Waals surface area contributed by atoms with E-state index in [1.807, 2.05) is 0 Å². The number of alkyl carbamates (subject to hydrolysis) is 1. The lowest BCUT2D eigenvalue weighted by molar-refractivity contribution is 0.0526. The molecule has 0 aliphatic carbocycles. The van der Waals surface area contributed by atoms with Crippen LogP contribution in [0.2, 0.25) is 0 Å². The highest BCUT2D eigenvalue weighted by Crippen LogP contribution is 2.19. The standard InChI is InChI=1S/C18H22FN3O3/c1-11-9-14(13-6-5-12(19)10-15(13)22-11)16(23)20-7-8-21-17(24)25-18(2,3)4/h5-6,9-10H,7-8H2,1-4H3,(H,20,23)(H,21,24). The smallest absolute Gasteiger partial charge is 0.407 e. The predicted octanol–water partition coefficient (Wildman–Crippen LogP) is 2.94. The summed E-state index contributed by atoms with van der Waals surface area (Å²) in [5, 5.41) is 5.86. The monoisotopic (exact) mass is 347 g/mol. The SMILES string of the molecule is Cc1cc(C(=O)NCCNC(=O)OC(C)(C)C)c2ccc(F)cc2n1. The third kappa shape index (κ3) is 5.41. The first-order valence-corrected chi connectivity index (χ1v) is 7.98. The molecule has 0 aliphatic heterocycles. The van der Waals surface area contributed by atoms with Crippen LogP contribution in [0.3, 0.4) is 0 Å². The van der Waals surface area contributed by atoms with E-state index in [4.69, 9.17) is 4.74 Å². The molecule has 0 unspecified atom stereocenters. The molecule has 0 aliphatic rings. The number of ether oxygens (including phenoxy) is 1. The molecule has 7 heteroatoms. The van der Waals surface area contributed by atoms with Crippen molar-refractivity contribution in [3.05, 3.63) is 41.3 Å². The van der Waals surface area contributed by atoms with Gasteiger partial charge < -0.3 is 15.4 Å². The summed E-state index contributed by atoms with van der Waals surface area (Å²) in [4.78, 5) is 28.2. The molecule has 134 valence electrons. The van der Waals surface area contributed by atoms with E-state index in [9.17, 15) is 14.0 Å². The van der Waals surface area contributed by atoms with Gasteiger partial charge in [-0.3, -0.25) is 9.78 Å². The number of benzene rings is 1. The molecule has 0 bridgehead atoms. The second-order valence-corrected chi connectivity index (χ2v) is 6.66. The predicted molar refractivity (Wildman–Crippen MR) is 93.0 cm³/mol. The summed E-state index contributed by atoms with van der Waals surface area (Å²) in [5.41, 5.74) is 0.891. The molecule has 1 aromatic heterocycles. The third-order valence-corrected chi connectivity index (χ3v) is 3.22. The average molecular weight is 347 g/mol. The van der Waals surface area contributed by atoms with E-state index < -0.39 is 17.5 Å². The Balaban J connectivity index is 1.98. The van der Waals surface area contributed by atoms with Crippen LogP contribution in [0.5, 0.6) is 0 Å². The quantitative estimate of drug-likeness (QED) is 0.834. The molecule has 0 saturated heterocycles. The first kappa shape index (κ1) is 18.6. The number of carbonyl (C=O) groups is 2. The highest BCUT2D eigenvalue weighted by molar-refractivity contribution is 6.06. The lowest BCUT2D eigenvalue weighted by atomic mass is 10.1. The molecule has 25 heavy (non-hydrogen) atoms. The van der Waals surface area contributed by atoms with Crippen LogP contribution in [-0.2, 0) is 4.74 Å². The summed E-state index contributed by atoms with van der Waals surface area (Å²) in [6.45, 7) is 7.53. The molecule has 2 aromatic rings. The number of hydrogen-bond acceptors (Lipinski definition) is 4. The van der Waals surface area contributed by atoms with Gasteiger partial charge in [0.1, 0.15) is 11.4 Å². The number of aromatic nitrogens is 1. The molecule has 0 atom stereocenters. The molecule has 2 N–H and O–H groups in total. The van der Waals surface area contributed by atoms with Crippen molar-refractivity contribution in [1.82, 2.24) is 15.6 Å². The Morgan fingerprint density at radius 1 is 1.16 bits per heavy atom. The largest absolute Gasteiger partial charge is 0.444 e. The Kier molecular flexibility index (Phi) is 5.56. The lowest BCUT2D eigenvalue weighted by Gasteiger charge is -2.19. The van der Waals surface area contributed by atoms with Crippen molar-refractivity contribution < 1.29 is 18.7 Å². The number of nitrogens with one attached hydrogen (secondary N) is 2. The molecule has 0 fully saturated rings. The Morgan fingerprint density at radius 3 is 2.52 bits per heavy atom. The molecular formula is C18H22FN3O3. The van der Waals surface area contributed by atoms with Crippen LogP contribution in [0, 0.1) is 12.7 Å². The third-order valence-electron chi connectivity index (χ3n) is 3.22. The van der Waals surface area contributed by atoms with Crippen molar-refractivity contribution in [2.75, 3.05) is 13.1 Å². The minimum atomic E-state index is -0.573. The van der Waals surface area contributed by atoms with Gasteiger partial charge in [-0.25, -0.2) is 9.18 Å². The van der Waals surface area contributed by atoms with E-state index >= 15 is 0 Å². The van der Waals surface area contributed by atoms with E-state index in [2.05, 4.69) is 15.6 Å². The number of pyridine rings is 1. The molecule has 2 amide bonds. The minimum Gasteiger partial charge on any atom is -0.444 e. The van der Waals surface area contributed by atoms with Gasteiger partial charge >= 0.3 is 6.09 Å². The molecule has 2 rings (SSSR count). The first-order valence-electron chi connectivity index (χ1n) is 7.98. The van der Waals surface area contributed by atoms with Gasteiger partial charge in [0, 0.05) is 30.2 Å². The summed E-state index contributed by atoms with van der Waals surface area (Å²) in [6, 6.07) is 5.77. The van der Waals surface area contributed by atoms with Gasteiger partial charge in [0.2, 0.25) is 0 Å². The van der Waals surface area contributed by atoms with Gasteiger partial charge in [0.25, 0.3) is 5.91 Å². The van der Waals surface area contributed by atoms with Crippen LogP contribution in [0.15, 0.2) is 24.3 Å². The number of fused-ring (bicyclic) bond motifs is 1. The number of nitrogens with zero attached hydrogens (tertiary/aromatic N) is 1. The van der Waals surface area contributed by atoms with E-state index in [0.29, 0.717) is 22.2 Å². The van der Waals surface area contributed by atoms with Crippen molar-refractivity contribution in [3.8, 4) is 0 Å². The Morgan fingerprint density at radius 2 is 1.84 bits per heavy atom. The number of halogens is 1. The van der Waals surface area contributed by atoms with Crippen molar-refractivity contribution in [3.63, 3.8) is 0 Å². The van der Waals surface area contributed by atoms with Gasteiger partial charge in [0.15, 0.2) is 0 Å². The average Bonchev–Trinajstić information content (AvgIpc) is 2.48. The maximum atomic E-state index is 13.4. The zero-order chi connectivity index (χ0) is 18.6. The number of rotatable bonds is 4. The molecule has 0 spiro atoms. The fraction of sp³-hybridized carbons (Fsp3) is 0.389. The summed E-state index contributed by atoms with van der Waals surface area (Å²) in [5.74, 6) is -0.716. The van der Waals surface area contributed by atoms with Gasteiger partial charge in [0.05, 0.1) is 11.1 Å². The Labute approximate surface area is 145 Å². The van der Waals surface area contributed by atoms with Crippen LogP contribution in [0.1, 0.15) is 36.8 Å². The topological polar surface area (TPSA) is 80.3 Å². The van der Waals surface area contributed by atoms with Crippen LogP contribution in [0.25, 0.3) is 10.9 Å². The highest BCUT2D eigenvalue weighted by atomic mass is 19.1. The minimum absolute atomic E-state index is 0.233.